The number of carboxylic acids is 1. The van der Waals surface area contributed by atoms with E-state index in [0.717, 1.165) is 10.1 Å². The van der Waals surface area contributed by atoms with Crippen LogP contribution in [0, 0.1) is 0 Å². The minimum absolute atomic E-state index is 0.0901. The lowest BCUT2D eigenvalue weighted by atomic mass is 10.2. The Morgan fingerprint density at radius 1 is 1.35 bits per heavy atom. The summed E-state index contributed by atoms with van der Waals surface area (Å²) in [5.41, 5.74) is 0. The third-order valence-electron chi connectivity index (χ3n) is 2.36. The number of nitrogens with one attached hydrogen (secondary N) is 2. The maximum atomic E-state index is 12.0. The molecule has 20 heavy (non-hydrogen) atoms. The maximum Gasteiger partial charge on any atom is 0.269 e. The van der Waals surface area contributed by atoms with Gasteiger partial charge in [-0.3, -0.25) is 10.1 Å². The number of aliphatic carboxylic acids is 1. The Morgan fingerprint density at radius 3 is 2.70 bits per heavy atom. The second kappa shape index (κ2) is 6.17. The summed E-state index contributed by atoms with van der Waals surface area (Å²) in [5.74, 6) is -1.80. The van der Waals surface area contributed by atoms with Gasteiger partial charge in [0.2, 0.25) is 0 Å². The van der Waals surface area contributed by atoms with Gasteiger partial charge in [-0.1, -0.05) is 29.8 Å². The molecule has 0 saturated heterocycles. The first-order valence-corrected chi connectivity index (χ1v) is 7.05. The van der Waals surface area contributed by atoms with Crippen LogP contribution >= 0.6 is 35.2 Å². The number of hydrogen-bond donors (Lipinski definition) is 2. The van der Waals surface area contributed by atoms with Crippen LogP contribution in [0.5, 0.6) is 0 Å². The van der Waals surface area contributed by atoms with Crippen LogP contribution in [0.4, 0.5) is 0 Å². The Labute approximate surface area is 128 Å². The summed E-state index contributed by atoms with van der Waals surface area (Å²) in [6, 6.07) is 7.35. The molecule has 1 aromatic heterocycles. The normalized spacial score (nSPS) is 10.2. The standard InChI is InChI=1S/C12H9ClN2O3S2/c13-9-6-3-1-2-4-7(6)20-10(9)11(18)15-12(19)14-5-8(16)17/h1-4H,5H2,(H,16,17)(H2,14,15,18,19)/p-1. The van der Waals surface area contributed by atoms with E-state index in [1.807, 2.05) is 24.3 Å². The van der Waals surface area contributed by atoms with Crippen LogP contribution in [0.15, 0.2) is 24.3 Å². The fraction of sp³-hybridized carbons (Fsp3) is 0.0833. The van der Waals surface area contributed by atoms with Crippen molar-refractivity contribution in [2.75, 3.05) is 6.54 Å². The summed E-state index contributed by atoms with van der Waals surface area (Å²) < 4.78 is 0.885. The molecule has 1 heterocycles. The van der Waals surface area contributed by atoms with Gasteiger partial charge in [0.05, 0.1) is 17.5 Å². The summed E-state index contributed by atoms with van der Waals surface area (Å²) in [6.07, 6.45) is 0. The molecule has 0 unspecified atom stereocenters. The van der Waals surface area contributed by atoms with E-state index in [1.54, 1.807) is 0 Å². The number of rotatable bonds is 3. The highest BCUT2D eigenvalue weighted by Gasteiger charge is 2.17. The molecule has 0 fully saturated rings. The van der Waals surface area contributed by atoms with Gasteiger partial charge in [-0.2, -0.15) is 0 Å². The Morgan fingerprint density at radius 2 is 2.05 bits per heavy atom. The van der Waals surface area contributed by atoms with Crippen LogP contribution < -0.4 is 15.7 Å². The van der Waals surface area contributed by atoms with Gasteiger partial charge >= 0.3 is 0 Å². The highest BCUT2D eigenvalue weighted by Crippen LogP contribution is 2.34. The smallest absolute Gasteiger partial charge is 0.269 e. The van der Waals surface area contributed by atoms with Gasteiger partial charge in [0, 0.05) is 10.1 Å². The van der Waals surface area contributed by atoms with Crippen LogP contribution in [-0.2, 0) is 4.79 Å². The van der Waals surface area contributed by atoms with Crippen molar-refractivity contribution in [3.63, 3.8) is 0 Å². The van der Waals surface area contributed by atoms with Gasteiger partial charge in [0.15, 0.2) is 5.11 Å². The molecule has 0 radical (unpaired) electrons. The number of benzene rings is 1. The first-order chi connectivity index (χ1) is 9.49. The Kier molecular flexibility index (Phi) is 4.53. The van der Waals surface area contributed by atoms with E-state index in [-0.39, 0.29) is 5.11 Å². The van der Waals surface area contributed by atoms with Crippen molar-refractivity contribution in [1.82, 2.24) is 10.6 Å². The molecule has 0 spiro atoms. The highest BCUT2D eigenvalue weighted by molar-refractivity contribution is 7.80. The second-order valence-electron chi connectivity index (χ2n) is 3.75. The number of carboxylic acid groups (broad SMARTS) is 1. The van der Waals surface area contributed by atoms with E-state index in [9.17, 15) is 14.7 Å². The van der Waals surface area contributed by atoms with Crippen LogP contribution in [0.25, 0.3) is 10.1 Å². The first kappa shape index (κ1) is 14.7. The van der Waals surface area contributed by atoms with Crippen molar-refractivity contribution in [1.29, 1.82) is 0 Å². The highest BCUT2D eigenvalue weighted by atomic mass is 35.5. The zero-order chi connectivity index (χ0) is 14.7. The summed E-state index contributed by atoms with van der Waals surface area (Å²) in [7, 11) is 0. The quantitative estimate of drug-likeness (QED) is 0.819. The number of thiocarbonyl (C=S) groups is 1. The predicted molar refractivity (Wildman–Crippen MR) is 79.9 cm³/mol. The molecule has 0 saturated carbocycles. The molecule has 2 N–H and O–H groups in total. The minimum Gasteiger partial charge on any atom is -0.548 e. The lowest BCUT2D eigenvalue weighted by Crippen LogP contribution is -2.44. The molecule has 2 aromatic rings. The summed E-state index contributed by atoms with van der Waals surface area (Å²) in [4.78, 5) is 22.6. The van der Waals surface area contributed by atoms with E-state index in [1.165, 1.54) is 11.3 Å². The van der Waals surface area contributed by atoms with E-state index in [2.05, 4.69) is 10.6 Å². The molecular formula is C12H8ClN2O3S2-. The molecule has 1 amide bonds. The zero-order valence-corrected chi connectivity index (χ0v) is 12.3. The van der Waals surface area contributed by atoms with Crippen molar-refractivity contribution in [2.45, 2.75) is 0 Å². The average Bonchev–Trinajstić information content (AvgIpc) is 2.74. The van der Waals surface area contributed by atoms with Crippen molar-refractivity contribution in [3.05, 3.63) is 34.2 Å². The van der Waals surface area contributed by atoms with Gasteiger partial charge in [-0.15, -0.1) is 11.3 Å². The van der Waals surface area contributed by atoms with Crippen molar-refractivity contribution in [2.24, 2.45) is 0 Å². The van der Waals surface area contributed by atoms with Crippen LogP contribution in [0.2, 0.25) is 5.02 Å². The van der Waals surface area contributed by atoms with Crippen LogP contribution in [0.1, 0.15) is 9.67 Å². The number of thiophene rings is 1. The molecule has 0 bridgehead atoms. The van der Waals surface area contributed by atoms with E-state index >= 15 is 0 Å². The fourth-order valence-electron chi connectivity index (χ4n) is 1.52. The van der Waals surface area contributed by atoms with Gasteiger partial charge < -0.3 is 15.2 Å². The fourth-order valence-corrected chi connectivity index (χ4v) is 3.09. The summed E-state index contributed by atoms with van der Waals surface area (Å²) in [5, 5.41) is 16.0. The minimum atomic E-state index is -1.32. The molecule has 0 aliphatic heterocycles. The maximum absolute atomic E-state index is 12.0. The number of carbonyl (C=O) groups excluding carboxylic acids is 2. The third kappa shape index (κ3) is 3.24. The largest absolute Gasteiger partial charge is 0.548 e. The Hall–Kier alpha value is -1.70. The topological polar surface area (TPSA) is 81.3 Å². The lowest BCUT2D eigenvalue weighted by molar-refractivity contribution is -0.303. The molecule has 2 rings (SSSR count). The molecular weight excluding hydrogens is 320 g/mol. The number of carbonyl (C=O) groups is 2. The van der Waals surface area contributed by atoms with Crippen molar-refractivity contribution >= 4 is 62.2 Å². The SMILES string of the molecule is O=C([O-])CNC(=S)NC(=O)c1sc2ccccc2c1Cl. The van der Waals surface area contributed by atoms with Gasteiger partial charge in [-0.25, -0.2) is 0 Å². The van der Waals surface area contributed by atoms with Crippen LogP contribution in [-0.4, -0.2) is 23.5 Å². The molecule has 0 aliphatic rings. The first-order valence-electron chi connectivity index (χ1n) is 5.45. The molecule has 8 heteroatoms. The van der Waals surface area contributed by atoms with Gasteiger partial charge in [-0.05, 0) is 18.3 Å². The summed E-state index contributed by atoms with van der Waals surface area (Å²) >= 11 is 12.2. The number of hydrogen-bond acceptors (Lipinski definition) is 5. The van der Waals surface area contributed by atoms with Crippen molar-refractivity contribution in [3.8, 4) is 0 Å². The number of amides is 1. The van der Waals surface area contributed by atoms with E-state index < -0.39 is 18.4 Å². The van der Waals surface area contributed by atoms with Crippen molar-refractivity contribution < 1.29 is 14.7 Å². The molecule has 0 atom stereocenters. The Bertz CT molecular complexity index is 699. The van der Waals surface area contributed by atoms with Crippen LogP contribution in [0.3, 0.4) is 0 Å². The number of fused-ring (bicyclic) bond motifs is 1. The monoisotopic (exact) mass is 327 g/mol. The number of halogens is 1. The average molecular weight is 328 g/mol. The second-order valence-corrected chi connectivity index (χ2v) is 5.59. The Balaban J connectivity index is 2.13. The molecule has 104 valence electrons. The van der Waals surface area contributed by atoms with Gasteiger partial charge in [0.25, 0.3) is 5.91 Å². The molecule has 1 aromatic carbocycles. The zero-order valence-electron chi connectivity index (χ0n) is 9.94. The summed E-state index contributed by atoms with van der Waals surface area (Å²) in [6.45, 7) is -0.473. The van der Waals surface area contributed by atoms with Gasteiger partial charge in [0.1, 0.15) is 4.88 Å². The van der Waals surface area contributed by atoms with E-state index in [0.29, 0.717) is 9.90 Å². The lowest BCUT2D eigenvalue weighted by Gasteiger charge is -2.09. The molecule has 0 aliphatic carbocycles. The predicted octanol–water partition coefficient (Wildman–Crippen LogP) is 0.909. The molecule has 5 nitrogen and oxygen atoms in total. The third-order valence-corrected chi connectivity index (χ3v) is 4.28. The van der Waals surface area contributed by atoms with E-state index in [4.69, 9.17) is 23.8 Å².